The molecule has 258 valence electrons. The second kappa shape index (κ2) is 19.5. The molecule has 1 aromatic heterocycles. The molecule has 4 rings (SSSR count). The molecule has 1 heterocycles. The van der Waals surface area contributed by atoms with Crippen molar-refractivity contribution in [2.75, 3.05) is 64.8 Å². The van der Waals surface area contributed by atoms with E-state index in [4.69, 9.17) is 9.29 Å². The van der Waals surface area contributed by atoms with Crippen LogP contribution >= 0.6 is 11.3 Å². The maximum atomic E-state index is 13.2. The van der Waals surface area contributed by atoms with Crippen LogP contribution in [-0.4, -0.2) is 104 Å². The molecule has 0 spiro atoms. The third-order valence-corrected chi connectivity index (χ3v) is 9.61. The molecular formula is C34H48N4O7S2. The summed E-state index contributed by atoms with van der Waals surface area (Å²) in [6.45, 7) is 12.1. The fourth-order valence-corrected chi connectivity index (χ4v) is 6.00. The van der Waals surface area contributed by atoms with E-state index in [1.54, 1.807) is 6.07 Å². The van der Waals surface area contributed by atoms with Crippen LogP contribution in [0.25, 0.3) is 21.0 Å². The number of carbonyl (C=O) groups is 1. The van der Waals surface area contributed by atoms with E-state index >= 15 is 0 Å². The first-order valence-electron chi connectivity index (χ1n) is 16.1. The number of aromatic nitrogens is 1. The summed E-state index contributed by atoms with van der Waals surface area (Å²) in [6.07, 6.45) is 1.91. The molecule has 47 heavy (non-hydrogen) atoms. The molecule has 0 aliphatic carbocycles. The quantitative estimate of drug-likeness (QED) is 0.0886. The molecule has 4 aromatic rings. The van der Waals surface area contributed by atoms with Crippen LogP contribution in [0.5, 0.6) is 5.75 Å². The van der Waals surface area contributed by atoms with E-state index in [1.807, 2.05) is 11.0 Å². The number of hydrogen-bond donors (Lipinski definition) is 4. The monoisotopic (exact) mass is 688 g/mol. The van der Waals surface area contributed by atoms with Gasteiger partial charge in [-0.25, -0.2) is 0 Å². The molecule has 0 saturated carbocycles. The van der Waals surface area contributed by atoms with Gasteiger partial charge in [-0.15, -0.1) is 0 Å². The molecule has 11 nitrogen and oxygen atoms in total. The molecule has 0 aliphatic rings. The van der Waals surface area contributed by atoms with Crippen LogP contribution < -0.4 is 10.2 Å². The predicted molar refractivity (Wildman–Crippen MR) is 190 cm³/mol. The van der Waals surface area contributed by atoms with Gasteiger partial charge in [0.1, 0.15) is 11.3 Å². The minimum absolute atomic E-state index is 0.0926. The highest BCUT2D eigenvalue weighted by molar-refractivity contribution is 7.85. The summed E-state index contributed by atoms with van der Waals surface area (Å²) in [7, 11) is -3.66. The maximum absolute atomic E-state index is 13.2. The molecule has 3 aromatic carbocycles. The number of fused-ring (bicyclic) bond motifs is 2. The summed E-state index contributed by atoms with van der Waals surface area (Å²) < 4.78 is 33.6. The number of H-pyrrole nitrogens is 1. The Morgan fingerprint density at radius 3 is 2.36 bits per heavy atom. The largest absolute Gasteiger partial charge is 0.506 e. The number of rotatable bonds is 18. The molecule has 4 N–H and O–H groups in total. The van der Waals surface area contributed by atoms with Gasteiger partial charge < -0.3 is 29.9 Å². The number of ether oxygens (including phenoxy) is 1. The van der Waals surface area contributed by atoms with Gasteiger partial charge in [0.15, 0.2) is 0 Å². The molecule has 0 atom stereocenters. The van der Waals surface area contributed by atoms with Crippen LogP contribution in [0.4, 0.5) is 0 Å². The molecular weight excluding hydrogens is 641 g/mol. The molecule has 0 unspecified atom stereocenters. The van der Waals surface area contributed by atoms with Gasteiger partial charge in [-0.3, -0.25) is 14.1 Å². The van der Waals surface area contributed by atoms with E-state index in [0.29, 0.717) is 51.3 Å². The minimum Gasteiger partial charge on any atom is -0.506 e. The van der Waals surface area contributed by atoms with E-state index in [1.165, 1.54) is 23.3 Å². The lowest BCUT2D eigenvalue weighted by Gasteiger charge is -2.27. The summed E-state index contributed by atoms with van der Waals surface area (Å²) in [5.41, 5.74) is 2.79. The lowest BCUT2D eigenvalue weighted by atomic mass is 10.0. The summed E-state index contributed by atoms with van der Waals surface area (Å²) in [5, 5.41) is 15.9. The normalized spacial score (nSPS) is 11.6. The summed E-state index contributed by atoms with van der Waals surface area (Å²) in [5.74, 6) is 0.00362. The Hall–Kier alpha value is -3.33. The van der Waals surface area contributed by atoms with Crippen molar-refractivity contribution in [2.24, 2.45) is 0 Å². The zero-order valence-corrected chi connectivity index (χ0v) is 29.2. The number of aromatic amines is 1. The van der Waals surface area contributed by atoms with Gasteiger partial charge in [0.05, 0.1) is 30.1 Å². The first kappa shape index (κ1) is 38.1. The number of phenols is 1. The van der Waals surface area contributed by atoms with Crippen molar-refractivity contribution in [3.8, 4) is 5.75 Å². The van der Waals surface area contributed by atoms with Gasteiger partial charge in [-0.1, -0.05) is 73.7 Å². The van der Waals surface area contributed by atoms with Crippen molar-refractivity contribution in [3.63, 3.8) is 0 Å². The SMILES string of the molecule is CCN(CC)CCN(CCNCCc1ccc(O)c2[nH]c(=O)sc12)C(=O)CCOCCc1cccc2ccccc12.CCS(=O)(=O)O. The van der Waals surface area contributed by atoms with Gasteiger partial charge in [-0.2, -0.15) is 8.42 Å². The number of carbonyl (C=O) groups excluding carboxylic acids is 1. The van der Waals surface area contributed by atoms with Gasteiger partial charge >= 0.3 is 4.87 Å². The number of nitrogens with zero attached hydrogens (tertiary/aromatic N) is 2. The Morgan fingerprint density at radius 1 is 0.915 bits per heavy atom. The summed E-state index contributed by atoms with van der Waals surface area (Å²) in [4.78, 5) is 31.7. The average molecular weight is 689 g/mol. The zero-order valence-electron chi connectivity index (χ0n) is 27.5. The number of amides is 1. The molecule has 0 radical (unpaired) electrons. The second-order valence-corrected chi connectivity index (χ2v) is 13.7. The number of benzene rings is 3. The molecule has 13 heteroatoms. The minimum atomic E-state index is -3.66. The standard InChI is InChI=1S/C32H42N4O4S.C2H6O3S/c1-3-35(4-2)20-21-36(19-18-33-17-14-26-12-13-28(37)30-31(26)41-32(39)34-30)29(38)16-23-40-22-15-25-10-7-9-24-8-5-6-11-27(24)25;1-2-6(3,4)5/h5-13,33,37H,3-4,14-23H2,1-2H3,(H,34,39);2H2,1H3,(H,3,4,5). The van der Waals surface area contributed by atoms with Gasteiger partial charge in [-0.05, 0) is 67.4 Å². The highest BCUT2D eigenvalue weighted by Crippen LogP contribution is 2.27. The van der Waals surface area contributed by atoms with E-state index in [9.17, 15) is 23.1 Å². The van der Waals surface area contributed by atoms with Gasteiger partial charge in [0.2, 0.25) is 5.91 Å². The maximum Gasteiger partial charge on any atom is 0.305 e. The fourth-order valence-electron chi connectivity index (χ4n) is 5.11. The number of thiazole rings is 1. The van der Waals surface area contributed by atoms with Crippen molar-refractivity contribution >= 4 is 48.4 Å². The summed E-state index contributed by atoms with van der Waals surface area (Å²) >= 11 is 1.12. The number of phenolic OH excluding ortho intramolecular Hbond substituents is 1. The van der Waals surface area contributed by atoms with E-state index in [2.05, 4.69) is 71.5 Å². The Kier molecular flexibility index (Phi) is 15.8. The number of likely N-dealkylation sites (N-methyl/N-ethyl adjacent to an activating group) is 1. The van der Waals surface area contributed by atoms with E-state index in [0.717, 1.165) is 54.1 Å². The van der Waals surface area contributed by atoms with E-state index in [-0.39, 0.29) is 22.3 Å². The van der Waals surface area contributed by atoms with Crippen molar-refractivity contribution in [2.45, 2.75) is 40.0 Å². The van der Waals surface area contributed by atoms with Crippen LogP contribution in [0.3, 0.4) is 0 Å². The topological polar surface area (TPSA) is 152 Å². The third kappa shape index (κ3) is 12.7. The first-order valence-corrected chi connectivity index (χ1v) is 18.5. The first-order chi connectivity index (χ1) is 22.6. The van der Waals surface area contributed by atoms with Crippen molar-refractivity contribution in [1.82, 2.24) is 20.1 Å². The molecule has 0 fully saturated rings. The summed E-state index contributed by atoms with van der Waals surface area (Å²) in [6, 6.07) is 18.2. The highest BCUT2D eigenvalue weighted by atomic mass is 32.2. The van der Waals surface area contributed by atoms with Crippen LogP contribution in [-0.2, 0) is 32.5 Å². The highest BCUT2D eigenvalue weighted by Gasteiger charge is 2.15. The fraction of sp³-hybridized carbons (Fsp3) is 0.471. The smallest absolute Gasteiger partial charge is 0.305 e. The Bertz CT molecular complexity index is 1710. The van der Waals surface area contributed by atoms with Crippen molar-refractivity contribution in [3.05, 3.63) is 75.4 Å². The average Bonchev–Trinajstić information content (AvgIpc) is 3.47. The Morgan fingerprint density at radius 2 is 1.64 bits per heavy atom. The van der Waals surface area contributed by atoms with Crippen LogP contribution in [0.1, 0.15) is 38.3 Å². The van der Waals surface area contributed by atoms with Crippen molar-refractivity contribution < 1.29 is 27.6 Å². The molecule has 0 bridgehead atoms. The van der Waals surface area contributed by atoms with Crippen LogP contribution in [0, 0.1) is 0 Å². The Labute approximate surface area is 281 Å². The predicted octanol–water partition coefficient (Wildman–Crippen LogP) is 4.29. The lowest BCUT2D eigenvalue weighted by Crippen LogP contribution is -2.42. The molecule has 0 aliphatic heterocycles. The van der Waals surface area contributed by atoms with Crippen molar-refractivity contribution in [1.29, 1.82) is 0 Å². The Balaban J connectivity index is 0.000000913. The lowest BCUT2D eigenvalue weighted by molar-refractivity contribution is -0.132. The van der Waals surface area contributed by atoms with Crippen LogP contribution in [0.2, 0.25) is 0 Å². The van der Waals surface area contributed by atoms with Crippen LogP contribution in [0.15, 0.2) is 59.4 Å². The second-order valence-electron chi connectivity index (χ2n) is 11.0. The zero-order chi connectivity index (χ0) is 34.2. The molecule has 1 amide bonds. The number of hydrogen-bond acceptors (Lipinski definition) is 9. The third-order valence-electron chi connectivity index (χ3n) is 7.92. The number of aromatic hydroxyl groups is 1. The number of nitrogens with one attached hydrogen (secondary N) is 2. The van der Waals surface area contributed by atoms with E-state index < -0.39 is 10.1 Å². The van der Waals surface area contributed by atoms with Gasteiger partial charge in [0.25, 0.3) is 10.1 Å². The molecule has 0 saturated heterocycles. The van der Waals surface area contributed by atoms with Gasteiger partial charge in [0, 0.05) is 26.2 Å².